The third kappa shape index (κ3) is 2.87. The number of ether oxygens (including phenoxy) is 2. The van der Waals surface area contributed by atoms with Gasteiger partial charge in [-0.25, -0.2) is 9.18 Å². The number of hydrogen-bond acceptors (Lipinski definition) is 3. The van der Waals surface area contributed by atoms with Crippen molar-refractivity contribution in [1.82, 2.24) is 0 Å². The molecule has 3 aromatic rings. The predicted octanol–water partition coefficient (Wildman–Crippen LogP) is 5.28. The van der Waals surface area contributed by atoms with E-state index in [4.69, 9.17) is 9.47 Å². The Balaban J connectivity index is 2.19. The van der Waals surface area contributed by atoms with Crippen LogP contribution in [0.15, 0.2) is 53.0 Å². The second-order valence-electron chi connectivity index (χ2n) is 5.24. The van der Waals surface area contributed by atoms with Crippen molar-refractivity contribution in [3.63, 3.8) is 0 Å². The summed E-state index contributed by atoms with van der Waals surface area (Å²) in [6, 6.07) is 13.8. The normalized spacial score (nSPS) is 10.7. The van der Waals surface area contributed by atoms with Gasteiger partial charge in [0.05, 0.1) is 7.11 Å². The minimum atomic E-state index is -0.656. The van der Waals surface area contributed by atoms with Gasteiger partial charge in [0.2, 0.25) is 0 Å². The first-order valence-electron chi connectivity index (χ1n) is 7.25. The van der Waals surface area contributed by atoms with E-state index in [0.29, 0.717) is 22.3 Å². The molecule has 0 aromatic heterocycles. The molecule has 122 valence electrons. The molecule has 0 aliphatic rings. The zero-order valence-corrected chi connectivity index (χ0v) is 14.7. The number of carbonyl (C=O) groups excluding carboxylic acids is 1. The lowest BCUT2D eigenvalue weighted by Gasteiger charge is -2.15. The minimum Gasteiger partial charge on any atom is -0.495 e. The molecule has 0 fully saturated rings. The Bertz CT molecular complexity index is 923. The fourth-order valence-corrected chi connectivity index (χ4v) is 2.98. The van der Waals surface area contributed by atoms with Crippen molar-refractivity contribution in [3.8, 4) is 11.5 Å². The zero-order chi connectivity index (χ0) is 17.3. The maximum atomic E-state index is 14.7. The Hall–Kier alpha value is -2.40. The van der Waals surface area contributed by atoms with Crippen molar-refractivity contribution < 1.29 is 18.7 Å². The first kappa shape index (κ1) is 16.5. The van der Waals surface area contributed by atoms with Gasteiger partial charge in [-0.3, -0.25) is 0 Å². The van der Waals surface area contributed by atoms with Crippen LogP contribution >= 0.6 is 15.9 Å². The van der Waals surface area contributed by atoms with Gasteiger partial charge in [-0.2, -0.15) is 0 Å². The SMILES string of the molecule is COc1c(C(=O)Oc2ccccc2)c(C)c(F)c2ccc(Br)cc12. The molecule has 0 saturated heterocycles. The Morgan fingerprint density at radius 3 is 2.46 bits per heavy atom. The van der Waals surface area contributed by atoms with Crippen LogP contribution in [0, 0.1) is 12.7 Å². The van der Waals surface area contributed by atoms with E-state index in [0.717, 1.165) is 4.47 Å². The third-order valence-corrected chi connectivity index (χ3v) is 4.25. The van der Waals surface area contributed by atoms with E-state index in [1.807, 2.05) is 6.07 Å². The number of methoxy groups -OCH3 is 1. The number of carbonyl (C=O) groups is 1. The number of fused-ring (bicyclic) bond motifs is 1. The number of halogens is 2. The lowest BCUT2D eigenvalue weighted by molar-refractivity contribution is 0.0730. The van der Waals surface area contributed by atoms with Crippen LogP contribution in [0.4, 0.5) is 4.39 Å². The van der Waals surface area contributed by atoms with Gasteiger partial charge in [-0.15, -0.1) is 0 Å². The average molecular weight is 389 g/mol. The molecule has 0 atom stereocenters. The van der Waals surface area contributed by atoms with E-state index in [9.17, 15) is 9.18 Å². The summed E-state index contributed by atoms with van der Waals surface area (Å²) in [5.74, 6) is -0.431. The fraction of sp³-hybridized carbons (Fsp3) is 0.105. The van der Waals surface area contributed by atoms with Crippen molar-refractivity contribution in [2.45, 2.75) is 6.92 Å². The van der Waals surface area contributed by atoms with Gasteiger partial charge in [0.1, 0.15) is 22.9 Å². The Morgan fingerprint density at radius 1 is 1.08 bits per heavy atom. The van der Waals surface area contributed by atoms with Crippen molar-refractivity contribution in [1.29, 1.82) is 0 Å². The standard InChI is InChI=1S/C19H14BrFO3/c1-11-16(19(22)24-13-6-4-3-5-7-13)18(23-2)15-10-12(20)8-9-14(15)17(11)21/h3-10H,1-2H3. The number of hydrogen-bond donors (Lipinski definition) is 0. The first-order chi connectivity index (χ1) is 11.5. The largest absolute Gasteiger partial charge is 0.495 e. The van der Waals surface area contributed by atoms with Gasteiger partial charge < -0.3 is 9.47 Å². The lowest BCUT2D eigenvalue weighted by atomic mass is 9.99. The van der Waals surface area contributed by atoms with E-state index in [1.54, 1.807) is 49.4 Å². The molecule has 0 unspecified atom stereocenters. The molecule has 3 nitrogen and oxygen atoms in total. The maximum absolute atomic E-state index is 14.7. The first-order valence-corrected chi connectivity index (χ1v) is 8.04. The molecule has 0 spiro atoms. The molecule has 0 saturated carbocycles. The molecule has 3 rings (SSSR count). The molecule has 0 aliphatic carbocycles. The number of rotatable bonds is 3. The van der Waals surface area contributed by atoms with E-state index in [2.05, 4.69) is 15.9 Å². The van der Waals surface area contributed by atoms with Crippen LogP contribution in [-0.2, 0) is 0 Å². The van der Waals surface area contributed by atoms with Crippen molar-refractivity contribution in [2.75, 3.05) is 7.11 Å². The fourth-order valence-electron chi connectivity index (χ4n) is 2.62. The minimum absolute atomic E-state index is 0.0875. The summed E-state index contributed by atoms with van der Waals surface area (Å²) >= 11 is 3.36. The van der Waals surface area contributed by atoms with Gasteiger partial charge in [-0.05, 0) is 31.2 Å². The number of benzene rings is 3. The summed E-state index contributed by atoms with van der Waals surface area (Å²) in [4.78, 5) is 12.6. The lowest BCUT2D eigenvalue weighted by Crippen LogP contribution is -2.13. The van der Waals surface area contributed by atoms with Gasteiger partial charge in [0, 0.05) is 20.8 Å². The second kappa shape index (κ2) is 6.61. The molecular weight excluding hydrogens is 375 g/mol. The van der Waals surface area contributed by atoms with E-state index >= 15 is 0 Å². The summed E-state index contributed by atoms with van der Waals surface area (Å²) in [5, 5.41) is 0.902. The van der Waals surface area contributed by atoms with Crippen LogP contribution in [0.1, 0.15) is 15.9 Å². The zero-order valence-electron chi connectivity index (χ0n) is 13.1. The average Bonchev–Trinajstić information content (AvgIpc) is 2.58. The Labute approximate surface area is 147 Å². The monoisotopic (exact) mass is 388 g/mol. The van der Waals surface area contributed by atoms with Gasteiger partial charge in [0.25, 0.3) is 0 Å². The highest BCUT2D eigenvalue weighted by Gasteiger charge is 2.24. The summed E-state index contributed by atoms with van der Waals surface area (Å²) in [7, 11) is 1.45. The molecule has 5 heteroatoms. The second-order valence-corrected chi connectivity index (χ2v) is 6.16. The van der Waals surface area contributed by atoms with Crippen molar-refractivity contribution in [3.05, 3.63) is 69.9 Å². The van der Waals surface area contributed by atoms with Crippen LogP contribution in [0.5, 0.6) is 11.5 Å². The summed E-state index contributed by atoms with van der Waals surface area (Å²) < 4.78 is 26.3. The third-order valence-electron chi connectivity index (χ3n) is 3.76. The Kier molecular flexibility index (Phi) is 4.53. The molecular formula is C19H14BrFO3. The summed E-state index contributed by atoms with van der Waals surface area (Å²) in [5.41, 5.74) is 0.284. The molecule has 0 bridgehead atoms. The van der Waals surface area contributed by atoms with E-state index in [1.165, 1.54) is 7.11 Å². The van der Waals surface area contributed by atoms with E-state index < -0.39 is 11.8 Å². The number of para-hydroxylation sites is 1. The van der Waals surface area contributed by atoms with Crippen LogP contribution in [0.3, 0.4) is 0 Å². The molecule has 24 heavy (non-hydrogen) atoms. The summed E-state index contributed by atoms with van der Waals surface area (Å²) in [6.07, 6.45) is 0. The molecule has 0 radical (unpaired) electrons. The number of esters is 1. The molecule has 3 aromatic carbocycles. The van der Waals surface area contributed by atoms with Crippen LogP contribution in [0.2, 0.25) is 0 Å². The molecule has 0 heterocycles. The topological polar surface area (TPSA) is 35.5 Å². The Morgan fingerprint density at radius 2 is 1.79 bits per heavy atom. The van der Waals surface area contributed by atoms with Crippen LogP contribution < -0.4 is 9.47 Å². The van der Waals surface area contributed by atoms with Crippen LogP contribution in [-0.4, -0.2) is 13.1 Å². The highest BCUT2D eigenvalue weighted by atomic mass is 79.9. The van der Waals surface area contributed by atoms with Crippen molar-refractivity contribution in [2.24, 2.45) is 0 Å². The van der Waals surface area contributed by atoms with E-state index in [-0.39, 0.29) is 11.1 Å². The molecule has 0 amide bonds. The quantitative estimate of drug-likeness (QED) is 0.452. The van der Waals surface area contributed by atoms with Crippen molar-refractivity contribution >= 4 is 32.7 Å². The van der Waals surface area contributed by atoms with Crippen LogP contribution in [0.25, 0.3) is 10.8 Å². The smallest absolute Gasteiger partial charge is 0.347 e. The highest BCUT2D eigenvalue weighted by molar-refractivity contribution is 9.10. The highest BCUT2D eigenvalue weighted by Crippen LogP contribution is 2.37. The molecule has 0 aliphatic heterocycles. The predicted molar refractivity (Wildman–Crippen MR) is 94.3 cm³/mol. The van der Waals surface area contributed by atoms with Gasteiger partial charge in [0.15, 0.2) is 0 Å². The van der Waals surface area contributed by atoms with Gasteiger partial charge >= 0.3 is 5.97 Å². The maximum Gasteiger partial charge on any atom is 0.347 e. The van der Waals surface area contributed by atoms with Gasteiger partial charge in [-0.1, -0.05) is 40.2 Å². The molecule has 0 N–H and O–H groups in total. The summed E-state index contributed by atoms with van der Waals surface area (Å²) in [6.45, 7) is 1.54.